The molecule has 0 atom stereocenters. The molecule has 0 aliphatic carbocycles. The molecule has 0 bridgehead atoms. The number of halogens is 1. The lowest BCUT2D eigenvalue weighted by molar-refractivity contribution is 0.0520. The Morgan fingerprint density at radius 3 is 2.73 bits per heavy atom. The van der Waals surface area contributed by atoms with Crippen molar-refractivity contribution in [2.45, 2.75) is 6.92 Å². The fourth-order valence-electron chi connectivity index (χ4n) is 2.96. The smallest absolute Gasteiger partial charge is 0.359 e. The molecule has 6 nitrogen and oxygen atoms in total. The molecule has 0 unspecified atom stereocenters. The second-order valence-corrected chi connectivity index (χ2v) is 5.69. The number of hydrogen-bond acceptors (Lipinski definition) is 4. The topological polar surface area (TPSA) is 77.0 Å². The third kappa shape index (κ3) is 2.45. The van der Waals surface area contributed by atoms with Crippen LogP contribution in [0, 0.1) is 5.82 Å². The molecule has 7 heteroatoms. The van der Waals surface area contributed by atoms with Crippen molar-refractivity contribution in [3.05, 3.63) is 70.4 Å². The quantitative estimate of drug-likeness (QED) is 0.575. The van der Waals surface area contributed by atoms with E-state index in [9.17, 15) is 14.0 Å². The first-order chi connectivity index (χ1) is 12.6. The first kappa shape index (κ1) is 16.0. The number of nitrogens with zero attached hydrogens (tertiary/aromatic N) is 2. The van der Waals surface area contributed by atoms with Gasteiger partial charge in [0.15, 0.2) is 5.69 Å². The van der Waals surface area contributed by atoms with Crippen LogP contribution in [0.25, 0.3) is 27.5 Å². The van der Waals surface area contributed by atoms with Gasteiger partial charge in [-0.3, -0.25) is 4.79 Å². The Morgan fingerprint density at radius 1 is 1.23 bits per heavy atom. The summed E-state index contributed by atoms with van der Waals surface area (Å²) < 4.78 is 20.0. The van der Waals surface area contributed by atoms with Crippen LogP contribution in [-0.4, -0.2) is 27.3 Å². The molecule has 0 aliphatic heterocycles. The van der Waals surface area contributed by atoms with Gasteiger partial charge in [0.25, 0.3) is 5.56 Å². The van der Waals surface area contributed by atoms with Crippen molar-refractivity contribution in [2.24, 2.45) is 0 Å². The predicted octanol–water partition coefficient (Wildman–Crippen LogP) is 3.18. The summed E-state index contributed by atoms with van der Waals surface area (Å²) in [4.78, 5) is 28.4. The number of rotatable bonds is 3. The first-order valence-electron chi connectivity index (χ1n) is 8.07. The van der Waals surface area contributed by atoms with E-state index in [0.717, 1.165) is 4.68 Å². The second-order valence-electron chi connectivity index (χ2n) is 5.69. The highest BCUT2D eigenvalue weighted by atomic mass is 19.1. The molecule has 4 aromatic rings. The largest absolute Gasteiger partial charge is 0.461 e. The van der Waals surface area contributed by atoms with E-state index < -0.39 is 17.3 Å². The van der Waals surface area contributed by atoms with Gasteiger partial charge in [0.1, 0.15) is 11.3 Å². The van der Waals surface area contributed by atoms with Crippen LogP contribution in [0.4, 0.5) is 4.39 Å². The number of carbonyl (C=O) groups is 1. The zero-order chi connectivity index (χ0) is 18.3. The number of carbonyl (C=O) groups excluding carboxylic acids is 1. The molecule has 0 saturated heterocycles. The Balaban J connectivity index is 2.14. The monoisotopic (exact) mass is 351 g/mol. The maximum atomic E-state index is 13.7. The van der Waals surface area contributed by atoms with E-state index in [1.165, 1.54) is 18.2 Å². The minimum Gasteiger partial charge on any atom is -0.461 e. The molecule has 0 fully saturated rings. The molecule has 2 aromatic heterocycles. The molecule has 0 spiro atoms. The highest BCUT2D eigenvalue weighted by Crippen LogP contribution is 2.27. The molecular weight excluding hydrogens is 337 g/mol. The molecule has 4 rings (SSSR count). The summed E-state index contributed by atoms with van der Waals surface area (Å²) in [5, 5.41) is 4.90. The lowest BCUT2D eigenvalue weighted by atomic mass is 10.1. The van der Waals surface area contributed by atoms with Crippen molar-refractivity contribution in [3.63, 3.8) is 0 Å². The molecule has 1 N–H and O–H groups in total. The molecule has 130 valence electrons. The molecule has 0 amide bonds. The van der Waals surface area contributed by atoms with Gasteiger partial charge in [-0.1, -0.05) is 18.2 Å². The molecule has 2 aromatic carbocycles. The van der Waals surface area contributed by atoms with Gasteiger partial charge in [0.2, 0.25) is 0 Å². The van der Waals surface area contributed by atoms with Crippen molar-refractivity contribution >= 4 is 27.8 Å². The maximum Gasteiger partial charge on any atom is 0.359 e. The van der Waals surface area contributed by atoms with E-state index in [1.807, 2.05) is 6.07 Å². The number of aromatic nitrogens is 3. The van der Waals surface area contributed by atoms with E-state index in [0.29, 0.717) is 16.6 Å². The Morgan fingerprint density at radius 2 is 2.00 bits per heavy atom. The van der Waals surface area contributed by atoms with Crippen LogP contribution in [0.2, 0.25) is 0 Å². The fraction of sp³-hybridized carbons (Fsp3) is 0.105. The fourth-order valence-corrected chi connectivity index (χ4v) is 2.96. The second kappa shape index (κ2) is 6.11. The SMILES string of the molecule is CCOC(=O)c1nn(-c2ccccc2)c(=O)c2[nH]c3ccc(F)cc3c12. The Labute approximate surface area is 146 Å². The van der Waals surface area contributed by atoms with Gasteiger partial charge in [0.05, 0.1) is 12.3 Å². The van der Waals surface area contributed by atoms with Crippen molar-refractivity contribution < 1.29 is 13.9 Å². The van der Waals surface area contributed by atoms with Gasteiger partial charge in [0, 0.05) is 16.3 Å². The van der Waals surface area contributed by atoms with Crippen LogP contribution in [0.15, 0.2) is 53.3 Å². The van der Waals surface area contributed by atoms with Crippen molar-refractivity contribution in [1.29, 1.82) is 0 Å². The van der Waals surface area contributed by atoms with Crippen LogP contribution in [0.3, 0.4) is 0 Å². The van der Waals surface area contributed by atoms with Crippen LogP contribution in [0.5, 0.6) is 0 Å². The standard InChI is InChI=1S/C19H14FN3O3/c1-2-26-19(25)17-15-13-10-11(20)8-9-14(13)21-16(15)18(24)23(22-17)12-6-4-3-5-7-12/h3-10,21H,2H2,1H3. The van der Waals surface area contributed by atoms with Gasteiger partial charge in [-0.2, -0.15) is 9.78 Å². The van der Waals surface area contributed by atoms with Gasteiger partial charge in [-0.25, -0.2) is 9.18 Å². The summed E-state index contributed by atoms with van der Waals surface area (Å²) >= 11 is 0. The number of fused-ring (bicyclic) bond motifs is 3. The highest BCUT2D eigenvalue weighted by molar-refractivity contribution is 6.15. The number of nitrogens with one attached hydrogen (secondary N) is 1. The van der Waals surface area contributed by atoms with Gasteiger partial charge in [-0.05, 0) is 37.3 Å². The lowest BCUT2D eigenvalue weighted by Gasteiger charge is -2.08. The number of benzene rings is 2. The van der Waals surface area contributed by atoms with E-state index in [2.05, 4.69) is 10.1 Å². The normalized spacial score (nSPS) is 11.2. The summed E-state index contributed by atoms with van der Waals surface area (Å²) in [5.41, 5.74) is 0.747. The summed E-state index contributed by atoms with van der Waals surface area (Å²) in [7, 11) is 0. The van der Waals surface area contributed by atoms with E-state index in [-0.39, 0.29) is 23.2 Å². The first-order valence-corrected chi connectivity index (χ1v) is 8.07. The number of esters is 1. The van der Waals surface area contributed by atoms with Crippen LogP contribution >= 0.6 is 0 Å². The number of ether oxygens (including phenoxy) is 1. The highest BCUT2D eigenvalue weighted by Gasteiger charge is 2.22. The zero-order valence-electron chi connectivity index (χ0n) is 13.8. The summed E-state index contributed by atoms with van der Waals surface area (Å²) in [5.74, 6) is -1.15. The molecule has 2 heterocycles. The minimum absolute atomic E-state index is 0.0397. The van der Waals surface area contributed by atoms with Crippen LogP contribution in [-0.2, 0) is 4.74 Å². The van der Waals surface area contributed by atoms with Crippen molar-refractivity contribution in [3.8, 4) is 5.69 Å². The molecule has 0 aliphatic rings. The van der Waals surface area contributed by atoms with Gasteiger partial charge < -0.3 is 9.72 Å². The average molecular weight is 351 g/mol. The molecular formula is C19H14FN3O3. The number of aromatic amines is 1. The van der Waals surface area contributed by atoms with Crippen LogP contribution < -0.4 is 5.56 Å². The molecule has 0 saturated carbocycles. The number of H-pyrrole nitrogens is 1. The van der Waals surface area contributed by atoms with Crippen molar-refractivity contribution in [2.75, 3.05) is 6.61 Å². The number of para-hydroxylation sites is 1. The maximum absolute atomic E-state index is 13.7. The van der Waals surface area contributed by atoms with E-state index in [1.54, 1.807) is 31.2 Å². The minimum atomic E-state index is -0.674. The summed E-state index contributed by atoms with van der Waals surface area (Å²) in [6, 6.07) is 12.8. The predicted molar refractivity (Wildman–Crippen MR) is 95.1 cm³/mol. The third-order valence-electron chi connectivity index (χ3n) is 4.07. The summed E-state index contributed by atoms with van der Waals surface area (Å²) in [6.07, 6.45) is 0. The lowest BCUT2D eigenvalue weighted by Crippen LogP contribution is -2.25. The molecule has 26 heavy (non-hydrogen) atoms. The van der Waals surface area contributed by atoms with E-state index in [4.69, 9.17) is 4.74 Å². The van der Waals surface area contributed by atoms with Crippen LogP contribution in [0.1, 0.15) is 17.4 Å². The van der Waals surface area contributed by atoms with E-state index >= 15 is 0 Å². The Hall–Kier alpha value is -3.48. The Bertz CT molecular complexity index is 1200. The third-order valence-corrected chi connectivity index (χ3v) is 4.07. The number of hydrogen-bond donors (Lipinski definition) is 1. The summed E-state index contributed by atoms with van der Waals surface area (Å²) in [6.45, 7) is 1.83. The Kier molecular flexibility index (Phi) is 3.76. The van der Waals surface area contributed by atoms with Gasteiger partial charge in [-0.15, -0.1) is 0 Å². The van der Waals surface area contributed by atoms with Crippen molar-refractivity contribution in [1.82, 2.24) is 14.8 Å². The van der Waals surface area contributed by atoms with Gasteiger partial charge >= 0.3 is 5.97 Å². The average Bonchev–Trinajstić information content (AvgIpc) is 3.02. The molecule has 0 radical (unpaired) electrons. The zero-order valence-corrected chi connectivity index (χ0v) is 13.8.